The summed E-state index contributed by atoms with van der Waals surface area (Å²) in [4.78, 5) is 9.47. The van der Waals surface area contributed by atoms with Crippen molar-refractivity contribution in [2.75, 3.05) is 6.61 Å². The summed E-state index contributed by atoms with van der Waals surface area (Å²) in [6.45, 7) is 0.217. The van der Waals surface area contributed by atoms with Crippen LogP contribution in [0.15, 0.2) is 18.2 Å². The highest BCUT2D eigenvalue weighted by molar-refractivity contribution is 6.34. The second kappa shape index (κ2) is 3.38. The number of carboxylic acid groups (broad SMARTS) is 1. The largest absolute Gasteiger partial charge is 0.493 e. The normalized spacial score (nSPS) is 24.1. The highest BCUT2D eigenvalue weighted by Crippen LogP contribution is 2.42. The Morgan fingerprint density at radius 2 is 2.33 bits per heavy atom. The van der Waals surface area contributed by atoms with Gasteiger partial charge < -0.3 is 9.84 Å². The first-order chi connectivity index (χ1) is 7.04. The first-order valence-corrected chi connectivity index (χ1v) is 4.77. The average Bonchev–Trinajstić information content (AvgIpc) is 2.19. The number of fused-ring (bicyclic) bond motifs is 1. The van der Waals surface area contributed by atoms with Crippen LogP contribution in [0, 0.1) is 5.82 Å². The standard InChI is InChI=1S/C10H8ClFO3/c11-10(9(13)14)3-4-15-8-2-1-6(12)5-7(8)10/h1-2,5H,3-4H2,(H,13,14). The summed E-state index contributed by atoms with van der Waals surface area (Å²) < 4.78 is 18.2. The smallest absolute Gasteiger partial charge is 0.329 e. The van der Waals surface area contributed by atoms with E-state index in [1.165, 1.54) is 12.1 Å². The molecule has 1 aromatic carbocycles. The van der Waals surface area contributed by atoms with Crippen LogP contribution < -0.4 is 4.74 Å². The van der Waals surface area contributed by atoms with Crippen LogP contribution in [0.3, 0.4) is 0 Å². The van der Waals surface area contributed by atoms with Gasteiger partial charge in [-0.3, -0.25) is 0 Å². The Bertz CT molecular complexity index is 421. The molecule has 1 heterocycles. The lowest BCUT2D eigenvalue weighted by Gasteiger charge is -2.29. The second-order valence-corrected chi connectivity index (χ2v) is 3.99. The number of rotatable bonds is 1. The zero-order chi connectivity index (χ0) is 11.1. The first kappa shape index (κ1) is 10.2. The predicted octanol–water partition coefficient (Wildman–Crippen LogP) is 2.13. The molecule has 1 unspecified atom stereocenters. The minimum Gasteiger partial charge on any atom is -0.493 e. The Morgan fingerprint density at radius 3 is 3.00 bits per heavy atom. The molecule has 1 aromatic rings. The fourth-order valence-corrected chi connectivity index (χ4v) is 1.82. The molecule has 0 aromatic heterocycles. The number of carboxylic acids is 1. The first-order valence-electron chi connectivity index (χ1n) is 4.39. The van der Waals surface area contributed by atoms with E-state index in [9.17, 15) is 9.18 Å². The van der Waals surface area contributed by atoms with Crippen LogP contribution in [0.1, 0.15) is 12.0 Å². The van der Waals surface area contributed by atoms with Crippen molar-refractivity contribution < 1.29 is 19.0 Å². The minimum atomic E-state index is -1.57. The minimum absolute atomic E-state index is 0.125. The van der Waals surface area contributed by atoms with Gasteiger partial charge in [-0.1, -0.05) is 0 Å². The summed E-state index contributed by atoms with van der Waals surface area (Å²) in [5.74, 6) is -1.37. The summed E-state index contributed by atoms with van der Waals surface area (Å²) in [5.41, 5.74) is 0.183. The summed E-state index contributed by atoms with van der Waals surface area (Å²) in [6, 6.07) is 3.71. The number of aliphatic carboxylic acids is 1. The van der Waals surface area contributed by atoms with Crippen LogP contribution in [-0.2, 0) is 9.67 Å². The highest BCUT2D eigenvalue weighted by Gasteiger charge is 2.43. The maximum atomic E-state index is 13.0. The van der Waals surface area contributed by atoms with E-state index < -0.39 is 16.7 Å². The molecule has 1 atom stereocenters. The van der Waals surface area contributed by atoms with Crippen molar-refractivity contribution in [3.05, 3.63) is 29.6 Å². The van der Waals surface area contributed by atoms with E-state index >= 15 is 0 Å². The van der Waals surface area contributed by atoms with Crippen molar-refractivity contribution in [3.8, 4) is 5.75 Å². The number of hydrogen-bond acceptors (Lipinski definition) is 2. The van der Waals surface area contributed by atoms with Gasteiger partial charge in [-0.2, -0.15) is 0 Å². The van der Waals surface area contributed by atoms with Gasteiger partial charge in [0.25, 0.3) is 0 Å². The fraction of sp³-hybridized carbons (Fsp3) is 0.300. The van der Waals surface area contributed by atoms with Gasteiger partial charge in [0.2, 0.25) is 0 Å². The SMILES string of the molecule is O=C(O)C1(Cl)CCOc2ccc(F)cc21. The van der Waals surface area contributed by atoms with Crippen molar-refractivity contribution in [1.29, 1.82) is 0 Å². The van der Waals surface area contributed by atoms with E-state index in [1.54, 1.807) is 0 Å². The van der Waals surface area contributed by atoms with E-state index in [2.05, 4.69) is 0 Å². The Hall–Kier alpha value is -1.29. The zero-order valence-corrected chi connectivity index (χ0v) is 8.42. The molecule has 0 spiro atoms. The van der Waals surface area contributed by atoms with Gasteiger partial charge in [0.15, 0.2) is 4.87 Å². The van der Waals surface area contributed by atoms with Gasteiger partial charge in [0, 0.05) is 12.0 Å². The molecule has 0 radical (unpaired) electrons. The quantitative estimate of drug-likeness (QED) is 0.752. The van der Waals surface area contributed by atoms with E-state index in [0.29, 0.717) is 5.75 Å². The van der Waals surface area contributed by atoms with E-state index in [-0.39, 0.29) is 18.6 Å². The molecule has 5 heteroatoms. The molecule has 0 amide bonds. The summed E-state index contributed by atoms with van der Waals surface area (Å²) in [7, 11) is 0. The lowest BCUT2D eigenvalue weighted by Crippen LogP contribution is -2.35. The van der Waals surface area contributed by atoms with Gasteiger partial charge in [-0.25, -0.2) is 9.18 Å². The number of benzene rings is 1. The lowest BCUT2D eigenvalue weighted by atomic mass is 9.92. The van der Waals surface area contributed by atoms with Crippen LogP contribution in [0.5, 0.6) is 5.75 Å². The third-order valence-electron chi connectivity index (χ3n) is 2.41. The Balaban J connectivity index is 2.59. The molecule has 15 heavy (non-hydrogen) atoms. The Kier molecular flexibility index (Phi) is 2.31. The maximum absolute atomic E-state index is 13.0. The number of hydrogen-bond donors (Lipinski definition) is 1. The van der Waals surface area contributed by atoms with Crippen LogP contribution in [0.2, 0.25) is 0 Å². The zero-order valence-electron chi connectivity index (χ0n) is 7.67. The number of carbonyl (C=O) groups is 1. The van der Waals surface area contributed by atoms with Gasteiger partial charge in [-0.15, -0.1) is 11.6 Å². The third kappa shape index (κ3) is 1.55. The molecular formula is C10H8ClFO3. The molecule has 0 bridgehead atoms. The Morgan fingerprint density at radius 1 is 1.60 bits per heavy atom. The summed E-state index contributed by atoms with van der Waals surface area (Å²) in [5, 5.41) is 9.03. The molecule has 1 aliphatic rings. The number of ether oxygens (including phenoxy) is 1. The molecular weight excluding hydrogens is 223 g/mol. The van der Waals surface area contributed by atoms with Crippen molar-refractivity contribution in [2.24, 2.45) is 0 Å². The van der Waals surface area contributed by atoms with Crippen LogP contribution >= 0.6 is 11.6 Å². The van der Waals surface area contributed by atoms with Crippen LogP contribution in [-0.4, -0.2) is 17.7 Å². The maximum Gasteiger partial charge on any atom is 0.329 e. The van der Waals surface area contributed by atoms with Crippen LogP contribution in [0.4, 0.5) is 4.39 Å². The molecule has 1 N–H and O–H groups in total. The molecule has 0 fully saturated rings. The van der Waals surface area contributed by atoms with Gasteiger partial charge in [0.05, 0.1) is 6.61 Å². The average molecular weight is 231 g/mol. The molecule has 3 nitrogen and oxygen atoms in total. The molecule has 0 saturated carbocycles. The highest BCUT2D eigenvalue weighted by atomic mass is 35.5. The van der Waals surface area contributed by atoms with Crippen LogP contribution in [0.25, 0.3) is 0 Å². The molecule has 1 aliphatic heterocycles. The molecule has 0 aliphatic carbocycles. The summed E-state index contributed by atoms with van der Waals surface area (Å²) in [6.07, 6.45) is 0.125. The summed E-state index contributed by atoms with van der Waals surface area (Å²) >= 11 is 5.97. The van der Waals surface area contributed by atoms with Gasteiger partial charge in [-0.05, 0) is 18.2 Å². The monoisotopic (exact) mass is 230 g/mol. The Labute approximate surface area is 90.4 Å². The topological polar surface area (TPSA) is 46.5 Å². The molecule has 0 saturated heterocycles. The van der Waals surface area contributed by atoms with E-state index in [4.69, 9.17) is 21.4 Å². The van der Waals surface area contributed by atoms with Crippen molar-refractivity contribution in [2.45, 2.75) is 11.3 Å². The third-order valence-corrected chi connectivity index (χ3v) is 2.97. The van der Waals surface area contributed by atoms with E-state index in [1.807, 2.05) is 0 Å². The van der Waals surface area contributed by atoms with Crippen molar-refractivity contribution in [1.82, 2.24) is 0 Å². The van der Waals surface area contributed by atoms with Crippen molar-refractivity contribution in [3.63, 3.8) is 0 Å². The number of alkyl halides is 1. The van der Waals surface area contributed by atoms with Gasteiger partial charge in [0.1, 0.15) is 11.6 Å². The molecule has 80 valence electrons. The second-order valence-electron chi connectivity index (χ2n) is 3.35. The predicted molar refractivity (Wildman–Crippen MR) is 51.7 cm³/mol. The van der Waals surface area contributed by atoms with Crippen molar-refractivity contribution >= 4 is 17.6 Å². The fourth-order valence-electron chi connectivity index (χ4n) is 1.60. The van der Waals surface area contributed by atoms with Gasteiger partial charge >= 0.3 is 5.97 Å². The molecule has 2 rings (SSSR count). The lowest BCUT2D eigenvalue weighted by molar-refractivity contribution is -0.141. The number of halogens is 2. The van der Waals surface area contributed by atoms with E-state index in [0.717, 1.165) is 6.07 Å².